The molecule has 1 N–H and O–H groups in total. The normalized spacial score (nSPS) is 11.1. The summed E-state index contributed by atoms with van der Waals surface area (Å²) < 4.78 is 6.78. The van der Waals surface area contributed by atoms with Crippen molar-refractivity contribution >= 4 is 11.0 Å². The van der Waals surface area contributed by atoms with Gasteiger partial charge >= 0.3 is 5.69 Å². The highest BCUT2D eigenvalue weighted by Crippen LogP contribution is 2.18. The average molecular weight is 214 g/mol. The lowest BCUT2D eigenvalue weighted by Crippen LogP contribution is -2.13. The van der Waals surface area contributed by atoms with Gasteiger partial charge < -0.3 is 9.40 Å². The van der Waals surface area contributed by atoms with Crippen molar-refractivity contribution in [2.24, 2.45) is 0 Å². The Morgan fingerprint density at radius 1 is 1.25 bits per heavy atom. The number of furan rings is 1. The number of aromatic nitrogens is 2. The molecular weight excluding hydrogens is 204 g/mol. The van der Waals surface area contributed by atoms with E-state index in [0.717, 1.165) is 16.6 Å². The summed E-state index contributed by atoms with van der Waals surface area (Å²) in [4.78, 5) is 14.7. The lowest BCUT2D eigenvalue weighted by molar-refractivity contribution is 0.538. The molecule has 2 aromatic heterocycles. The van der Waals surface area contributed by atoms with Crippen LogP contribution in [0.5, 0.6) is 0 Å². The summed E-state index contributed by atoms with van der Waals surface area (Å²) in [7, 11) is 0. The molecule has 4 heteroatoms. The van der Waals surface area contributed by atoms with E-state index < -0.39 is 0 Å². The first kappa shape index (κ1) is 9.03. The van der Waals surface area contributed by atoms with Crippen LogP contribution in [0, 0.1) is 6.92 Å². The Morgan fingerprint density at radius 3 is 2.88 bits per heavy atom. The molecule has 3 aromatic rings. The number of benzene rings is 1. The van der Waals surface area contributed by atoms with Gasteiger partial charge in [-0.25, -0.2) is 9.36 Å². The average Bonchev–Trinajstić information content (AvgIpc) is 2.85. The van der Waals surface area contributed by atoms with Crippen LogP contribution in [-0.4, -0.2) is 9.55 Å². The summed E-state index contributed by atoms with van der Waals surface area (Å²) in [5, 5.41) is 0. The van der Waals surface area contributed by atoms with E-state index in [0.29, 0.717) is 5.88 Å². The highest BCUT2D eigenvalue weighted by Gasteiger charge is 2.11. The molecule has 0 radical (unpaired) electrons. The van der Waals surface area contributed by atoms with Crippen LogP contribution < -0.4 is 5.69 Å². The van der Waals surface area contributed by atoms with Gasteiger partial charge in [0.1, 0.15) is 0 Å². The number of hydrogen-bond donors (Lipinski definition) is 1. The number of hydrogen-bond acceptors (Lipinski definition) is 2. The third-order valence-corrected chi connectivity index (χ3v) is 2.65. The molecule has 0 atom stereocenters. The minimum atomic E-state index is -0.181. The Morgan fingerprint density at radius 2 is 2.12 bits per heavy atom. The molecule has 0 unspecified atom stereocenters. The van der Waals surface area contributed by atoms with Gasteiger partial charge in [0.15, 0.2) is 0 Å². The second-order valence-corrected chi connectivity index (χ2v) is 3.69. The fraction of sp³-hybridized carbons (Fsp3) is 0.0833. The van der Waals surface area contributed by atoms with Crippen molar-refractivity contribution in [1.82, 2.24) is 9.55 Å². The van der Waals surface area contributed by atoms with E-state index in [1.54, 1.807) is 18.4 Å². The molecule has 0 saturated heterocycles. The Kier molecular flexibility index (Phi) is 1.77. The zero-order valence-corrected chi connectivity index (χ0v) is 8.73. The molecule has 0 aliphatic carbocycles. The second kappa shape index (κ2) is 3.13. The molecule has 0 saturated carbocycles. The number of fused-ring (bicyclic) bond motifs is 1. The summed E-state index contributed by atoms with van der Waals surface area (Å²) >= 11 is 0. The highest BCUT2D eigenvalue weighted by molar-refractivity contribution is 5.80. The Labute approximate surface area is 91.1 Å². The molecule has 2 heterocycles. The van der Waals surface area contributed by atoms with Crippen LogP contribution in [0.3, 0.4) is 0 Å². The van der Waals surface area contributed by atoms with Gasteiger partial charge in [-0.1, -0.05) is 12.1 Å². The minimum Gasteiger partial charge on any atom is -0.448 e. The number of nitrogens with zero attached hydrogens (tertiary/aromatic N) is 1. The van der Waals surface area contributed by atoms with Gasteiger partial charge in [-0.15, -0.1) is 0 Å². The van der Waals surface area contributed by atoms with Crippen molar-refractivity contribution in [2.45, 2.75) is 6.92 Å². The topological polar surface area (TPSA) is 50.9 Å². The van der Waals surface area contributed by atoms with Crippen LogP contribution in [-0.2, 0) is 0 Å². The number of H-pyrrole nitrogens is 1. The van der Waals surface area contributed by atoms with Crippen LogP contribution in [0.4, 0.5) is 0 Å². The zero-order chi connectivity index (χ0) is 11.1. The van der Waals surface area contributed by atoms with Crippen molar-refractivity contribution in [1.29, 1.82) is 0 Å². The highest BCUT2D eigenvalue weighted by atomic mass is 16.3. The van der Waals surface area contributed by atoms with Gasteiger partial charge in [0.2, 0.25) is 5.88 Å². The molecule has 16 heavy (non-hydrogen) atoms. The number of imidazole rings is 1. The van der Waals surface area contributed by atoms with Gasteiger partial charge in [-0.2, -0.15) is 0 Å². The fourth-order valence-electron chi connectivity index (χ4n) is 1.89. The van der Waals surface area contributed by atoms with Gasteiger partial charge in [-0.3, -0.25) is 0 Å². The number of nitrogens with one attached hydrogen (secondary N) is 1. The van der Waals surface area contributed by atoms with Gasteiger partial charge in [0, 0.05) is 6.07 Å². The first-order valence-corrected chi connectivity index (χ1v) is 5.01. The smallest absolute Gasteiger partial charge is 0.333 e. The van der Waals surface area contributed by atoms with Crippen LogP contribution in [0.25, 0.3) is 16.9 Å². The van der Waals surface area contributed by atoms with E-state index in [1.165, 1.54) is 4.57 Å². The molecule has 0 amide bonds. The van der Waals surface area contributed by atoms with E-state index in [2.05, 4.69) is 4.98 Å². The SMILES string of the molecule is Cc1cccc2c1[nH]c(=O)n2-c1ccco1. The van der Waals surface area contributed by atoms with Crippen molar-refractivity contribution in [3.05, 3.63) is 52.6 Å². The summed E-state index contributed by atoms with van der Waals surface area (Å²) in [5.41, 5.74) is 2.54. The van der Waals surface area contributed by atoms with Crippen molar-refractivity contribution in [3.63, 3.8) is 0 Å². The standard InChI is InChI=1S/C12H10N2O2/c1-8-4-2-5-9-11(8)13-12(15)14(9)10-6-3-7-16-10/h2-7H,1H3,(H,13,15). The molecule has 0 fully saturated rings. The lowest BCUT2D eigenvalue weighted by Gasteiger charge is -1.98. The van der Waals surface area contributed by atoms with E-state index in [-0.39, 0.29) is 5.69 Å². The third-order valence-electron chi connectivity index (χ3n) is 2.65. The maximum absolute atomic E-state index is 11.8. The number of aromatic amines is 1. The van der Waals surface area contributed by atoms with Crippen LogP contribution in [0.15, 0.2) is 45.8 Å². The fourth-order valence-corrected chi connectivity index (χ4v) is 1.89. The number of rotatable bonds is 1. The molecule has 80 valence electrons. The van der Waals surface area contributed by atoms with Crippen molar-refractivity contribution < 1.29 is 4.42 Å². The maximum Gasteiger partial charge on any atom is 0.333 e. The van der Waals surface area contributed by atoms with Crippen LogP contribution in [0.2, 0.25) is 0 Å². The molecule has 4 nitrogen and oxygen atoms in total. The Bertz CT molecular complexity index is 689. The second-order valence-electron chi connectivity index (χ2n) is 3.69. The first-order valence-electron chi connectivity index (χ1n) is 5.01. The van der Waals surface area contributed by atoms with E-state index in [1.807, 2.05) is 25.1 Å². The predicted octanol–water partition coefficient (Wildman–Crippen LogP) is 2.22. The molecule has 0 aliphatic rings. The minimum absolute atomic E-state index is 0.181. The Balaban J connectivity index is 2.46. The molecule has 0 aliphatic heterocycles. The first-order chi connectivity index (χ1) is 7.77. The summed E-state index contributed by atoms with van der Waals surface area (Å²) in [6.45, 7) is 1.96. The summed E-state index contributed by atoms with van der Waals surface area (Å²) in [5.74, 6) is 0.529. The molecular formula is C12H10N2O2. The zero-order valence-electron chi connectivity index (χ0n) is 8.73. The third kappa shape index (κ3) is 1.13. The maximum atomic E-state index is 11.8. The quantitative estimate of drug-likeness (QED) is 0.675. The molecule has 0 spiro atoms. The number of para-hydroxylation sites is 1. The van der Waals surface area contributed by atoms with Gasteiger partial charge in [0.25, 0.3) is 0 Å². The van der Waals surface area contributed by atoms with Crippen molar-refractivity contribution in [2.75, 3.05) is 0 Å². The Hall–Kier alpha value is -2.23. The van der Waals surface area contributed by atoms with E-state index >= 15 is 0 Å². The van der Waals surface area contributed by atoms with Gasteiger partial charge in [-0.05, 0) is 24.6 Å². The molecule has 3 rings (SSSR count). The largest absolute Gasteiger partial charge is 0.448 e. The number of aryl methyl sites for hydroxylation is 1. The van der Waals surface area contributed by atoms with Crippen LogP contribution >= 0.6 is 0 Å². The predicted molar refractivity (Wildman–Crippen MR) is 60.9 cm³/mol. The van der Waals surface area contributed by atoms with Crippen molar-refractivity contribution in [3.8, 4) is 5.88 Å². The monoisotopic (exact) mass is 214 g/mol. The molecule has 0 bridgehead atoms. The van der Waals surface area contributed by atoms with Gasteiger partial charge in [0.05, 0.1) is 17.3 Å². The summed E-state index contributed by atoms with van der Waals surface area (Å²) in [6, 6.07) is 9.30. The van der Waals surface area contributed by atoms with E-state index in [4.69, 9.17) is 4.42 Å². The van der Waals surface area contributed by atoms with Crippen LogP contribution in [0.1, 0.15) is 5.56 Å². The lowest BCUT2D eigenvalue weighted by atomic mass is 10.2. The van der Waals surface area contributed by atoms with E-state index in [9.17, 15) is 4.79 Å². The molecule has 1 aromatic carbocycles. The summed E-state index contributed by atoms with van der Waals surface area (Å²) in [6.07, 6.45) is 1.55.